The summed E-state index contributed by atoms with van der Waals surface area (Å²) in [6, 6.07) is 0.596. The molecule has 0 bridgehead atoms. The Kier molecular flexibility index (Phi) is 2.85. The van der Waals surface area contributed by atoms with E-state index in [1.165, 1.54) is 19.3 Å². The third kappa shape index (κ3) is 1.82. The third-order valence-corrected chi connectivity index (χ3v) is 3.97. The maximum Gasteiger partial charge on any atom is 0.0618 e. The van der Waals surface area contributed by atoms with E-state index in [0.717, 1.165) is 19.1 Å². The van der Waals surface area contributed by atoms with Crippen LogP contribution >= 0.6 is 0 Å². The molecule has 2 rings (SSSR count). The third-order valence-electron chi connectivity index (χ3n) is 3.97. The van der Waals surface area contributed by atoms with E-state index in [1.54, 1.807) is 0 Å². The molecule has 2 atom stereocenters. The Morgan fingerprint density at radius 2 is 2.14 bits per heavy atom. The van der Waals surface area contributed by atoms with Crippen LogP contribution in [0, 0.1) is 11.3 Å². The average molecular weight is 197 g/mol. The van der Waals surface area contributed by atoms with Gasteiger partial charge < -0.3 is 10.1 Å². The minimum Gasteiger partial charge on any atom is -0.378 e. The maximum absolute atomic E-state index is 5.76. The van der Waals surface area contributed by atoms with Gasteiger partial charge in [0.25, 0.3) is 0 Å². The summed E-state index contributed by atoms with van der Waals surface area (Å²) < 4.78 is 5.76. The van der Waals surface area contributed by atoms with Crippen LogP contribution in [-0.2, 0) is 4.74 Å². The molecule has 0 radical (unpaired) electrons. The first-order valence-electron chi connectivity index (χ1n) is 6.00. The Bertz CT molecular complexity index is 200. The SMILES string of the molecule is CC(C)NCC1(C2CC2)CCOC1C. The molecule has 2 heteroatoms. The van der Waals surface area contributed by atoms with Crippen LogP contribution in [0.1, 0.15) is 40.0 Å². The molecule has 1 aliphatic heterocycles. The van der Waals surface area contributed by atoms with Crippen LogP contribution in [0.3, 0.4) is 0 Å². The minimum absolute atomic E-state index is 0.459. The Morgan fingerprint density at radius 1 is 1.43 bits per heavy atom. The van der Waals surface area contributed by atoms with Gasteiger partial charge in [-0.15, -0.1) is 0 Å². The normalized spacial score (nSPS) is 38.1. The Hall–Kier alpha value is -0.0800. The Labute approximate surface area is 87.4 Å². The van der Waals surface area contributed by atoms with Gasteiger partial charge in [-0.25, -0.2) is 0 Å². The molecule has 0 amide bonds. The molecule has 2 nitrogen and oxygen atoms in total. The lowest BCUT2D eigenvalue weighted by Crippen LogP contribution is -2.43. The average Bonchev–Trinajstić information content (AvgIpc) is 2.90. The highest BCUT2D eigenvalue weighted by atomic mass is 16.5. The summed E-state index contributed by atoms with van der Waals surface area (Å²) in [6.07, 6.45) is 4.57. The first-order chi connectivity index (χ1) is 6.65. The van der Waals surface area contributed by atoms with Crippen LogP contribution in [0.5, 0.6) is 0 Å². The molecule has 1 saturated heterocycles. The molecular formula is C12H23NO. The molecule has 14 heavy (non-hydrogen) atoms. The number of hydrogen-bond donors (Lipinski definition) is 1. The fraction of sp³-hybridized carbons (Fsp3) is 1.00. The topological polar surface area (TPSA) is 21.3 Å². The zero-order valence-corrected chi connectivity index (χ0v) is 9.68. The maximum atomic E-state index is 5.76. The van der Waals surface area contributed by atoms with E-state index in [1.807, 2.05) is 0 Å². The molecule has 2 fully saturated rings. The van der Waals surface area contributed by atoms with Crippen LogP contribution in [0.25, 0.3) is 0 Å². The van der Waals surface area contributed by atoms with Gasteiger partial charge in [-0.3, -0.25) is 0 Å². The van der Waals surface area contributed by atoms with Gasteiger partial charge in [0.05, 0.1) is 6.10 Å². The second-order valence-electron chi connectivity index (χ2n) is 5.31. The van der Waals surface area contributed by atoms with Crippen LogP contribution in [0.15, 0.2) is 0 Å². The van der Waals surface area contributed by atoms with Crippen molar-refractivity contribution in [1.29, 1.82) is 0 Å². The lowest BCUT2D eigenvalue weighted by Gasteiger charge is -2.33. The van der Waals surface area contributed by atoms with Crippen molar-refractivity contribution in [2.24, 2.45) is 11.3 Å². The largest absolute Gasteiger partial charge is 0.378 e. The lowest BCUT2D eigenvalue weighted by molar-refractivity contribution is 0.0502. The van der Waals surface area contributed by atoms with Gasteiger partial charge >= 0.3 is 0 Å². The van der Waals surface area contributed by atoms with Crippen molar-refractivity contribution in [3.05, 3.63) is 0 Å². The van der Waals surface area contributed by atoms with E-state index in [9.17, 15) is 0 Å². The molecule has 1 saturated carbocycles. The zero-order chi connectivity index (χ0) is 10.2. The minimum atomic E-state index is 0.459. The quantitative estimate of drug-likeness (QED) is 0.746. The number of nitrogens with one attached hydrogen (secondary N) is 1. The molecule has 1 N–H and O–H groups in total. The highest BCUT2D eigenvalue weighted by molar-refractivity contribution is 5.01. The van der Waals surface area contributed by atoms with Gasteiger partial charge in [-0.05, 0) is 32.1 Å². The van der Waals surface area contributed by atoms with Gasteiger partial charge in [0, 0.05) is 24.6 Å². The summed E-state index contributed by atoms with van der Waals surface area (Å²) in [5, 5.41) is 3.60. The summed E-state index contributed by atoms with van der Waals surface area (Å²) in [5.74, 6) is 0.936. The van der Waals surface area contributed by atoms with Crippen molar-refractivity contribution >= 4 is 0 Å². The molecule has 2 aliphatic rings. The van der Waals surface area contributed by atoms with Crippen molar-refractivity contribution < 1.29 is 4.74 Å². The predicted molar refractivity (Wildman–Crippen MR) is 58.3 cm³/mol. The van der Waals surface area contributed by atoms with Crippen LogP contribution < -0.4 is 5.32 Å². The second-order valence-corrected chi connectivity index (χ2v) is 5.31. The summed E-state index contributed by atoms with van der Waals surface area (Å²) in [4.78, 5) is 0. The van der Waals surface area contributed by atoms with Crippen molar-refractivity contribution in [2.45, 2.75) is 52.2 Å². The predicted octanol–water partition coefficient (Wildman–Crippen LogP) is 2.19. The van der Waals surface area contributed by atoms with E-state index in [2.05, 4.69) is 26.1 Å². The number of rotatable bonds is 4. The lowest BCUT2D eigenvalue weighted by atomic mass is 9.76. The number of ether oxygens (including phenoxy) is 1. The van der Waals surface area contributed by atoms with Gasteiger partial charge in [-0.2, -0.15) is 0 Å². The fourth-order valence-electron chi connectivity index (χ4n) is 2.76. The smallest absolute Gasteiger partial charge is 0.0618 e. The summed E-state index contributed by atoms with van der Waals surface area (Å²) in [7, 11) is 0. The van der Waals surface area contributed by atoms with Crippen molar-refractivity contribution in [3.63, 3.8) is 0 Å². The Morgan fingerprint density at radius 3 is 2.57 bits per heavy atom. The van der Waals surface area contributed by atoms with E-state index < -0.39 is 0 Å². The molecule has 1 aliphatic carbocycles. The first-order valence-corrected chi connectivity index (χ1v) is 6.00. The summed E-state index contributed by atoms with van der Waals surface area (Å²) >= 11 is 0. The highest BCUT2D eigenvalue weighted by Crippen LogP contribution is 2.52. The Balaban J connectivity index is 1.98. The zero-order valence-electron chi connectivity index (χ0n) is 9.68. The molecular weight excluding hydrogens is 174 g/mol. The van der Waals surface area contributed by atoms with E-state index in [4.69, 9.17) is 4.74 Å². The highest BCUT2D eigenvalue weighted by Gasteiger charge is 2.51. The van der Waals surface area contributed by atoms with E-state index in [0.29, 0.717) is 17.6 Å². The molecule has 0 spiro atoms. The van der Waals surface area contributed by atoms with Crippen molar-refractivity contribution in [1.82, 2.24) is 5.32 Å². The van der Waals surface area contributed by atoms with Crippen molar-refractivity contribution in [3.8, 4) is 0 Å². The van der Waals surface area contributed by atoms with Crippen molar-refractivity contribution in [2.75, 3.05) is 13.2 Å². The van der Waals surface area contributed by atoms with Gasteiger partial charge in [0.1, 0.15) is 0 Å². The first kappa shape index (κ1) is 10.4. The number of hydrogen-bond acceptors (Lipinski definition) is 2. The van der Waals surface area contributed by atoms with Crippen LogP contribution in [0.2, 0.25) is 0 Å². The second kappa shape index (κ2) is 3.82. The van der Waals surface area contributed by atoms with Gasteiger partial charge in [-0.1, -0.05) is 13.8 Å². The molecule has 0 aromatic carbocycles. The van der Waals surface area contributed by atoms with E-state index >= 15 is 0 Å². The van der Waals surface area contributed by atoms with Gasteiger partial charge in [0.2, 0.25) is 0 Å². The molecule has 1 heterocycles. The monoisotopic (exact) mass is 197 g/mol. The summed E-state index contributed by atoms with van der Waals surface area (Å²) in [5.41, 5.74) is 0.463. The molecule has 0 aromatic heterocycles. The fourth-order valence-corrected chi connectivity index (χ4v) is 2.76. The van der Waals surface area contributed by atoms with Gasteiger partial charge in [0.15, 0.2) is 0 Å². The standard InChI is InChI=1S/C12H23NO/c1-9(2)13-8-12(11-4-5-11)6-7-14-10(12)3/h9-11,13H,4-8H2,1-3H3. The summed E-state index contributed by atoms with van der Waals surface area (Å²) in [6.45, 7) is 8.82. The molecule has 2 unspecified atom stereocenters. The van der Waals surface area contributed by atoms with E-state index in [-0.39, 0.29) is 0 Å². The van der Waals surface area contributed by atoms with Crippen LogP contribution in [0.4, 0.5) is 0 Å². The molecule has 0 aromatic rings. The molecule has 82 valence electrons. The van der Waals surface area contributed by atoms with Crippen LogP contribution in [-0.4, -0.2) is 25.3 Å².